The van der Waals surface area contributed by atoms with Crippen LogP contribution in [0.25, 0.3) is 11.1 Å². The summed E-state index contributed by atoms with van der Waals surface area (Å²) in [7, 11) is -3.78. The van der Waals surface area contributed by atoms with Gasteiger partial charge in [0, 0.05) is 12.5 Å². The van der Waals surface area contributed by atoms with E-state index in [9.17, 15) is 0 Å². The summed E-state index contributed by atoms with van der Waals surface area (Å²) in [5.74, 6) is 0. The fourth-order valence-electron chi connectivity index (χ4n) is 3.39. The van der Waals surface area contributed by atoms with Gasteiger partial charge in [0.05, 0.1) is 16.1 Å². The molecule has 0 aromatic heterocycles. The first kappa shape index (κ1) is 36.0. The van der Waals surface area contributed by atoms with Gasteiger partial charge in [-0.3, -0.25) is 0 Å². The van der Waals surface area contributed by atoms with E-state index in [0.29, 0.717) is 5.46 Å². The van der Waals surface area contributed by atoms with Crippen LogP contribution in [0.5, 0.6) is 0 Å². The Hall–Kier alpha value is -1.01. The van der Waals surface area contributed by atoms with Crippen LogP contribution in [0.4, 0.5) is 0 Å². The molecule has 0 aliphatic heterocycles. The SMILES string of the molecule is Brc1ccc(I)cc1.C.C[Si](C)(C)c1ccc(-c2ccc(Br)cc2)cc1.C[Si](C)(C)c1ccc(B(O)O)cc1. The zero-order valence-corrected chi connectivity index (χ0v) is 30.2. The summed E-state index contributed by atoms with van der Waals surface area (Å²) < 4.78 is 3.53. The summed E-state index contributed by atoms with van der Waals surface area (Å²) in [4.78, 5) is 0. The quantitative estimate of drug-likeness (QED) is 0.161. The molecule has 0 aliphatic rings. The van der Waals surface area contributed by atoms with Crippen LogP contribution in [0.2, 0.25) is 39.3 Å². The van der Waals surface area contributed by atoms with Crippen molar-refractivity contribution in [2.75, 3.05) is 0 Å². The molecule has 0 radical (unpaired) electrons. The highest BCUT2D eigenvalue weighted by Crippen LogP contribution is 2.21. The number of benzene rings is 4. The lowest BCUT2D eigenvalue weighted by atomic mass is 9.81. The Kier molecular flexibility index (Phi) is 15.2. The van der Waals surface area contributed by atoms with E-state index in [1.165, 1.54) is 25.1 Å². The van der Waals surface area contributed by atoms with Gasteiger partial charge in [-0.15, -0.1) is 0 Å². The highest BCUT2D eigenvalue weighted by atomic mass is 127. The molecule has 0 amide bonds. The predicted octanol–water partition coefficient (Wildman–Crippen LogP) is 8.26. The van der Waals surface area contributed by atoms with Crippen LogP contribution in [0.3, 0.4) is 0 Å². The zero-order valence-electron chi connectivity index (χ0n) is 22.8. The van der Waals surface area contributed by atoms with Crippen LogP contribution in [-0.2, 0) is 0 Å². The van der Waals surface area contributed by atoms with Gasteiger partial charge in [0.25, 0.3) is 0 Å². The standard InChI is InChI=1S/C15H17BrSi.C9H15BO2Si.C6H4BrI.CH4/c1-17(2,3)15-10-6-13(7-11-15)12-4-8-14(16)9-5-12;1-13(2,3)9-6-4-8(5-7-9)10(11)12;7-5-1-3-6(8)4-2-5;/h4-11H,1-3H3;4-7,11-12H,1-3H3;1-4H;1H4. The van der Waals surface area contributed by atoms with Crippen LogP contribution in [0.15, 0.2) is 106 Å². The van der Waals surface area contributed by atoms with E-state index in [0.717, 1.165) is 8.95 Å². The van der Waals surface area contributed by atoms with Crippen molar-refractivity contribution in [2.45, 2.75) is 46.7 Å². The van der Waals surface area contributed by atoms with E-state index in [1.54, 1.807) is 12.1 Å². The molecule has 0 aliphatic carbocycles. The van der Waals surface area contributed by atoms with E-state index in [4.69, 9.17) is 10.0 Å². The molecular formula is C31H40BBr2IO2Si2. The fourth-order valence-corrected chi connectivity index (χ4v) is 6.61. The summed E-state index contributed by atoms with van der Waals surface area (Å²) in [5, 5.41) is 20.6. The molecule has 2 nitrogen and oxygen atoms in total. The van der Waals surface area contributed by atoms with Gasteiger partial charge < -0.3 is 10.0 Å². The van der Waals surface area contributed by atoms with Crippen molar-refractivity contribution in [1.29, 1.82) is 0 Å². The molecule has 0 saturated carbocycles. The van der Waals surface area contributed by atoms with Crippen LogP contribution in [-0.4, -0.2) is 33.3 Å². The van der Waals surface area contributed by atoms with Crippen LogP contribution < -0.4 is 15.8 Å². The summed E-state index contributed by atoms with van der Waals surface area (Å²) in [5.41, 5.74) is 3.12. The molecule has 0 unspecified atom stereocenters. The topological polar surface area (TPSA) is 40.5 Å². The Bertz CT molecular complexity index is 1230. The third-order valence-corrected chi connectivity index (χ3v) is 11.7. The molecule has 0 heterocycles. The average Bonchev–Trinajstić information content (AvgIpc) is 2.86. The first-order valence-corrected chi connectivity index (χ1v) is 22.1. The fraction of sp³-hybridized carbons (Fsp3) is 0.226. The van der Waals surface area contributed by atoms with E-state index >= 15 is 0 Å². The third-order valence-electron chi connectivity index (χ3n) is 5.81. The molecule has 0 atom stereocenters. The monoisotopic (exact) mass is 796 g/mol. The maximum atomic E-state index is 8.88. The van der Waals surface area contributed by atoms with Crippen molar-refractivity contribution < 1.29 is 10.0 Å². The van der Waals surface area contributed by atoms with Crippen LogP contribution in [0, 0.1) is 3.57 Å². The summed E-state index contributed by atoms with van der Waals surface area (Å²) >= 11 is 9.08. The minimum absolute atomic E-state index is 0. The molecule has 0 saturated heterocycles. The number of hydrogen-bond donors (Lipinski definition) is 2. The minimum Gasteiger partial charge on any atom is -0.423 e. The smallest absolute Gasteiger partial charge is 0.423 e. The summed E-state index contributed by atoms with van der Waals surface area (Å²) in [6, 6.07) is 33.2. The first-order valence-electron chi connectivity index (χ1n) is 12.4. The number of hydrogen-bond acceptors (Lipinski definition) is 2. The van der Waals surface area contributed by atoms with Crippen molar-refractivity contribution >= 4 is 93.6 Å². The Labute approximate surface area is 268 Å². The lowest BCUT2D eigenvalue weighted by molar-refractivity contribution is 0.426. The van der Waals surface area contributed by atoms with Gasteiger partial charge in [0.15, 0.2) is 0 Å². The maximum Gasteiger partial charge on any atom is 0.488 e. The van der Waals surface area contributed by atoms with Crippen molar-refractivity contribution in [3.05, 3.63) is 110 Å². The molecular weight excluding hydrogens is 758 g/mol. The van der Waals surface area contributed by atoms with Gasteiger partial charge in [-0.2, -0.15) is 0 Å². The van der Waals surface area contributed by atoms with E-state index in [2.05, 4.69) is 154 Å². The Morgan fingerprint density at radius 3 is 1.15 bits per heavy atom. The summed E-state index contributed by atoms with van der Waals surface area (Å²) in [6.45, 7) is 13.9. The highest BCUT2D eigenvalue weighted by Gasteiger charge is 2.17. The Morgan fingerprint density at radius 1 is 0.538 bits per heavy atom. The van der Waals surface area contributed by atoms with Crippen molar-refractivity contribution in [3.63, 3.8) is 0 Å². The number of rotatable bonds is 4. The Balaban J connectivity index is 0.000000307. The lowest BCUT2D eigenvalue weighted by Crippen LogP contribution is -2.39. The lowest BCUT2D eigenvalue weighted by Gasteiger charge is -2.16. The molecule has 4 rings (SSSR count). The molecule has 4 aromatic carbocycles. The van der Waals surface area contributed by atoms with Gasteiger partial charge in [-0.1, -0.05) is 150 Å². The molecule has 2 N–H and O–H groups in total. The zero-order chi connectivity index (χ0) is 28.5. The summed E-state index contributed by atoms with van der Waals surface area (Å²) in [6.07, 6.45) is 0. The number of halogens is 3. The molecule has 0 spiro atoms. The highest BCUT2D eigenvalue weighted by molar-refractivity contribution is 14.1. The van der Waals surface area contributed by atoms with Gasteiger partial charge in [0.1, 0.15) is 0 Å². The van der Waals surface area contributed by atoms with Gasteiger partial charge >= 0.3 is 7.12 Å². The van der Waals surface area contributed by atoms with Crippen LogP contribution in [0.1, 0.15) is 7.43 Å². The molecule has 208 valence electrons. The molecule has 4 aromatic rings. The normalized spacial score (nSPS) is 10.7. The van der Waals surface area contributed by atoms with Gasteiger partial charge in [0.2, 0.25) is 0 Å². The van der Waals surface area contributed by atoms with Crippen LogP contribution >= 0.6 is 54.5 Å². The van der Waals surface area contributed by atoms with Crippen molar-refractivity contribution in [1.82, 2.24) is 0 Å². The largest absolute Gasteiger partial charge is 0.488 e. The third kappa shape index (κ3) is 13.0. The molecule has 8 heteroatoms. The van der Waals surface area contributed by atoms with Crippen molar-refractivity contribution in [3.8, 4) is 11.1 Å². The second-order valence-corrected chi connectivity index (χ2v) is 24.2. The second-order valence-electron chi connectivity index (χ2n) is 11.0. The Morgan fingerprint density at radius 2 is 0.846 bits per heavy atom. The maximum absolute atomic E-state index is 8.88. The average molecular weight is 798 g/mol. The van der Waals surface area contributed by atoms with Crippen molar-refractivity contribution in [2.24, 2.45) is 0 Å². The molecule has 0 bridgehead atoms. The molecule has 0 fully saturated rings. The van der Waals surface area contributed by atoms with E-state index in [-0.39, 0.29) is 7.43 Å². The predicted molar refractivity (Wildman–Crippen MR) is 195 cm³/mol. The van der Waals surface area contributed by atoms with E-state index in [1.807, 2.05) is 24.3 Å². The van der Waals surface area contributed by atoms with Gasteiger partial charge in [-0.25, -0.2) is 0 Å². The first-order chi connectivity index (χ1) is 17.7. The minimum atomic E-state index is -1.35. The second kappa shape index (κ2) is 16.4. The molecule has 39 heavy (non-hydrogen) atoms. The van der Waals surface area contributed by atoms with E-state index < -0.39 is 23.3 Å². The van der Waals surface area contributed by atoms with Gasteiger partial charge in [-0.05, 0) is 75.6 Å².